The van der Waals surface area contributed by atoms with Gasteiger partial charge in [-0.1, -0.05) is 30.3 Å². The fraction of sp³-hybridized carbons (Fsp3) is 0.429. The fourth-order valence-corrected chi connectivity index (χ4v) is 2.85. The van der Waals surface area contributed by atoms with Crippen LogP contribution in [-0.4, -0.2) is 61.0 Å². The quantitative estimate of drug-likeness (QED) is 0.630. The lowest BCUT2D eigenvalue weighted by Crippen LogP contribution is -2.30. The Balaban J connectivity index is 1.52. The molecule has 5 nitrogen and oxygen atoms in total. The number of amides is 1. The van der Waals surface area contributed by atoms with Gasteiger partial charge in [0.25, 0.3) is 5.91 Å². The van der Waals surface area contributed by atoms with Crippen molar-refractivity contribution in [2.24, 2.45) is 0 Å². The summed E-state index contributed by atoms with van der Waals surface area (Å²) in [4.78, 5) is 20.6. The van der Waals surface area contributed by atoms with Crippen molar-refractivity contribution in [2.75, 3.05) is 40.3 Å². The predicted octanol–water partition coefficient (Wildman–Crippen LogP) is 2.66. The standard InChI is InChI=1S/C21H30N4O/c1-24(14-7-13-23-21(26)20-11-6-12-22-17-20)15-8-16-25(2)18-19-9-4-3-5-10-19/h3-6,9-12,17H,7-8,13-16,18H2,1-2H3,(H,23,26). The summed E-state index contributed by atoms with van der Waals surface area (Å²) in [5, 5.41) is 2.94. The van der Waals surface area contributed by atoms with Gasteiger partial charge >= 0.3 is 0 Å². The van der Waals surface area contributed by atoms with Gasteiger partial charge in [-0.25, -0.2) is 0 Å². The van der Waals surface area contributed by atoms with E-state index in [-0.39, 0.29) is 5.91 Å². The predicted molar refractivity (Wildman–Crippen MR) is 106 cm³/mol. The van der Waals surface area contributed by atoms with E-state index in [9.17, 15) is 4.79 Å². The SMILES string of the molecule is CN(CCCNC(=O)c1cccnc1)CCCN(C)Cc1ccccc1. The Bertz CT molecular complexity index is 633. The van der Waals surface area contributed by atoms with E-state index in [0.29, 0.717) is 12.1 Å². The Labute approximate surface area is 157 Å². The lowest BCUT2D eigenvalue weighted by atomic mass is 10.2. The molecule has 5 heteroatoms. The highest BCUT2D eigenvalue weighted by Gasteiger charge is 2.05. The molecule has 0 saturated carbocycles. The molecule has 140 valence electrons. The molecule has 0 saturated heterocycles. The molecular formula is C21H30N4O. The van der Waals surface area contributed by atoms with Crippen LogP contribution in [0.5, 0.6) is 0 Å². The molecule has 0 aliphatic heterocycles. The molecule has 2 aromatic rings. The second kappa shape index (κ2) is 11.4. The van der Waals surface area contributed by atoms with E-state index in [1.165, 1.54) is 5.56 Å². The van der Waals surface area contributed by atoms with E-state index in [1.54, 1.807) is 24.5 Å². The summed E-state index contributed by atoms with van der Waals surface area (Å²) < 4.78 is 0. The zero-order valence-corrected chi connectivity index (χ0v) is 15.9. The first-order valence-electron chi connectivity index (χ1n) is 9.24. The Kier molecular flexibility index (Phi) is 8.79. The molecule has 26 heavy (non-hydrogen) atoms. The fourth-order valence-electron chi connectivity index (χ4n) is 2.85. The van der Waals surface area contributed by atoms with Gasteiger partial charge in [-0.3, -0.25) is 9.78 Å². The average Bonchev–Trinajstić information content (AvgIpc) is 2.66. The van der Waals surface area contributed by atoms with Crippen molar-refractivity contribution in [3.63, 3.8) is 0 Å². The third-order valence-corrected chi connectivity index (χ3v) is 4.30. The summed E-state index contributed by atoms with van der Waals surface area (Å²) in [6.45, 7) is 4.80. The maximum Gasteiger partial charge on any atom is 0.252 e. The molecule has 2 rings (SSSR count). The van der Waals surface area contributed by atoms with Gasteiger partial charge in [0.05, 0.1) is 5.56 Å². The van der Waals surface area contributed by atoms with E-state index in [0.717, 1.165) is 39.0 Å². The molecule has 0 aliphatic rings. The summed E-state index contributed by atoms with van der Waals surface area (Å²) in [5.41, 5.74) is 1.97. The molecule has 1 heterocycles. The van der Waals surface area contributed by atoms with Crippen LogP contribution in [0, 0.1) is 0 Å². The highest BCUT2D eigenvalue weighted by atomic mass is 16.1. The van der Waals surface area contributed by atoms with Gasteiger partial charge in [-0.15, -0.1) is 0 Å². The molecule has 0 unspecified atom stereocenters. The number of hydrogen-bond donors (Lipinski definition) is 1. The minimum atomic E-state index is -0.0525. The Morgan fingerprint density at radius 2 is 1.69 bits per heavy atom. The molecule has 0 atom stereocenters. The average molecular weight is 354 g/mol. The molecule has 0 fully saturated rings. The summed E-state index contributed by atoms with van der Waals surface area (Å²) >= 11 is 0. The van der Waals surface area contributed by atoms with Gasteiger partial charge in [0.1, 0.15) is 0 Å². The summed E-state index contributed by atoms with van der Waals surface area (Å²) in [6.07, 6.45) is 5.35. The van der Waals surface area contributed by atoms with Crippen LogP contribution >= 0.6 is 0 Å². The number of hydrogen-bond acceptors (Lipinski definition) is 4. The smallest absolute Gasteiger partial charge is 0.252 e. The number of carbonyl (C=O) groups is 1. The molecule has 0 aliphatic carbocycles. The molecule has 1 aromatic carbocycles. The third-order valence-electron chi connectivity index (χ3n) is 4.30. The van der Waals surface area contributed by atoms with Crippen LogP contribution in [0.3, 0.4) is 0 Å². The van der Waals surface area contributed by atoms with E-state index >= 15 is 0 Å². The molecular weight excluding hydrogens is 324 g/mol. The first kappa shape index (κ1) is 20.1. The lowest BCUT2D eigenvalue weighted by molar-refractivity contribution is 0.0951. The Morgan fingerprint density at radius 1 is 0.962 bits per heavy atom. The Morgan fingerprint density at radius 3 is 2.42 bits per heavy atom. The number of benzene rings is 1. The number of rotatable bonds is 11. The normalized spacial score (nSPS) is 11.1. The molecule has 1 N–H and O–H groups in total. The van der Waals surface area contributed by atoms with Crippen molar-refractivity contribution < 1.29 is 4.79 Å². The minimum absolute atomic E-state index is 0.0525. The van der Waals surface area contributed by atoms with Gasteiger partial charge < -0.3 is 15.1 Å². The second-order valence-electron chi connectivity index (χ2n) is 6.73. The Hall–Kier alpha value is -2.24. The van der Waals surface area contributed by atoms with Crippen LogP contribution in [0.15, 0.2) is 54.9 Å². The summed E-state index contributed by atoms with van der Waals surface area (Å²) in [7, 11) is 4.31. The van der Waals surface area contributed by atoms with Crippen LogP contribution in [0.2, 0.25) is 0 Å². The van der Waals surface area contributed by atoms with Crippen molar-refractivity contribution >= 4 is 5.91 Å². The van der Waals surface area contributed by atoms with E-state index < -0.39 is 0 Å². The first-order valence-corrected chi connectivity index (χ1v) is 9.24. The highest BCUT2D eigenvalue weighted by Crippen LogP contribution is 2.03. The monoisotopic (exact) mass is 354 g/mol. The molecule has 1 aromatic heterocycles. The molecule has 1 amide bonds. The van der Waals surface area contributed by atoms with E-state index in [1.807, 2.05) is 0 Å². The van der Waals surface area contributed by atoms with Crippen LogP contribution in [0.1, 0.15) is 28.8 Å². The van der Waals surface area contributed by atoms with Gasteiger partial charge in [-0.2, -0.15) is 0 Å². The van der Waals surface area contributed by atoms with Crippen LogP contribution in [0.4, 0.5) is 0 Å². The van der Waals surface area contributed by atoms with E-state index in [4.69, 9.17) is 0 Å². The molecule has 0 radical (unpaired) electrons. The molecule has 0 spiro atoms. The van der Waals surface area contributed by atoms with Crippen LogP contribution in [-0.2, 0) is 6.54 Å². The maximum atomic E-state index is 11.9. The zero-order valence-electron chi connectivity index (χ0n) is 15.9. The third kappa shape index (κ3) is 7.76. The van der Waals surface area contributed by atoms with E-state index in [2.05, 4.69) is 64.5 Å². The first-order chi connectivity index (χ1) is 12.6. The maximum absolute atomic E-state index is 11.9. The van der Waals surface area contributed by atoms with Crippen molar-refractivity contribution in [2.45, 2.75) is 19.4 Å². The second-order valence-corrected chi connectivity index (χ2v) is 6.73. The van der Waals surface area contributed by atoms with Crippen molar-refractivity contribution in [1.29, 1.82) is 0 Å². The number of carbonyl (C=O) groups excluding carboxylic acids is 1. The number of nitrogens with one attached hydrogen (secondary N) is 1. The number of pyridine rings is 1. The number of aromatic nitrogens is 1. The van der Waals surface area contributed by atoms with Gasteiger partial charge in [0, 0.05) is 25.5 Å². The van der Waals surface area contributed by atoms with Crippen molar-refractivity contribution in [3.05, 3.63) is 66.0 Å². The summed E-state index contributed by atoms with van der Waals surface area (Å²) in [6, 6.07) is 14.1. The number of nitrogens with zero attached hydrogens (tertiary/aromatic N) is 3. The topological polar surface area (TPSA) is 48.5 Å². The van der Waals surface area contributed by atoms with Gasteiger partial charge in [0.15, 0.2) is 0 Å². The molecule has 0 bridgehead atoms. The zero-order chi connectivity index (χ0) is 18.6. The van der Waals surface area contributed by atoms with Crippen LogP contribution in [0.25, 0.3) is 0 Å². The van der Waals surface area contributed by atoms with Crippen molar-refractivity contribution in [3.8, 4) is 0 Å². The van der Waals surface area contributed by atoms with Crippen molar-refractivity contribution in [1.82, 2.24) is 20.1 Å². The van der Waals surface area contributed by atoms with Gasteiger partial charge in [0.2, 0.25) is 0 Å². The van der Waals surface area contributed by atoms with Gasteiger partial charge in [-0.05, 0) is 64.3 Å². The van der Waals surface area contributed by atoms with Crippen LogP contribution < -0.4 is 5.32 Å². The lowest BCUT2D eigenvalue weighted by Gasteiger charge is -2.20. The highest BCUT2D eigenvalue weighted by molar-refractivity contribution is 5.93. The largest absolute Gasteiger partial charge is 0.352 e. The summed E-state index contributed by atoms with van der Waals surface area (Å²) in [5.74, 6) is -0.0525. The minimum Gasteiger partial charge on any atom is -0.352 e.